The molecule has 1 aliphatic rings. The van der Waals surface area contributed by atoms with Crippen molar-refractivity contribution in [3.8, 4) is 0 Å². The maximum atomic E-state index is 9.82. The molecule has 0 aromatic carbocycles. The van der Waals surface area contributed by atoms with Gasteiger partial charge < -0.3 is 15.2 Å². The number of nitrogens with one attached hydrogen (secondary N) is 1. The molecule has 0 heterocycles. The van der Waals surface area contributed by atoms with Gasteiger partial charge in [-0.25, -0.2) is 0 Å². The summed E-state index contributed by atoms with van der Waals surface area (Å²) in [6.45, 7) is 6.75. The van der Waals surface area contributed by atoms with E-state index in [1.165, 1.54) is 57.8 Å². The number of hydrogen-bond donors (Lipinski definition) is 2. The topological polar surface area (TPSA) is 41.5 Å². The molecule has 1 saturated carbocycles. The summed E-state index contributed by atoms with van der Waals surface area (Å²) in [5.74, 6) is 0.836. The Labute approximate surface area is 125 Å². The van der Waals surface area contributed by atoms with Crippen molar-refractivity contribution in [3.63, 3.8) is 0 Å². The van der Waals surface area contributed by atoms with Crippen molar-refractivity contribution in [2.24, 2.45) is 5.92 Å². The predicted octanol–water partition coefficient (Wildman–Crippen LogP) is 3.50. The maximum Gasteiger partial charge on any atom is 0.0897 e. The molecular formula is C17H35NO2. The smallest absolute Gasteiger partial charge is 0.0897 e. The minimum atomic E-state index is -0.350. The van der Waals surface area contributed by atoms with Crippen molar-refractivity contribution >= 4 is 0 Å². The van der Waals surface area contributed by atoms with Crippen LogP contribution in [0.15, 0.2) is 0 Å². The quantitative estimate of drug-likeness (QED) is 0.539. The average Bonchev–Trinajstić information content (AvgIpc) is 2.92. The van der Waals surface area contributed by atoms with Crippen LogP contribution in [0.3, 0.4) is 0 Å². The van der Waals surface area contributed by atoms with E-state index in [0.29, 0.717) is 19.3 Å². The molecule has 0 aromatic rings. The minimum absolute atomic E-state index is 0.350. The number of hydrogen-bond acceptors (Lipinski definition) is 3. The molecule has 0 spiro atoms. The van der Waals surface area contributed by atoms with Crippen molar-refractivity contribution in [2.75, 3.05) is 19.7 Å². The van der Waals surface area contributed by atoms with Gasteiger partial charge in [-0.15, -0.1) is 0 Å². The van der Waals surface area contributed by atoms with Crippen LogP contribution in [0, 0.1) is 5.92 Å². The second-order valence-corrected chi connectivity index (χ2v) is 6.69. The van der Waals surface area contributed by atoms with Gasteiger partial charge in [0.1, 0.15) is 0 Å². The summed E-state index contributed by atoms with van der Waals surface area (Å²) in [7, 11) is 0. The number of rotatable bonds is 12. The van der Waals surface area contributed by atoms with Crippen LogP contribution >= 0.6 is 0 Å². The third-order valence-corrected chi connectivity index (χ3v) is 4.09. The average molecular weight is 285 g/mol. The van der Waals surface area contributed by atoms with E-state index in [2.05, 4.69) is 19.2 Å². The van der Waals surface area contributed by atoms with Gasteiger partial charge in [0.25, 0.3) is 0 Å². The standard InChI is InChI=1S/C17H35NO2/c1-15(2)9-5-3-4-8-12-18-13-16(19)14-20-17-10-6-7-11-17/h15-19H,3-14H2,1-2H3. The highest BCUT2D eigenvalue weighted by atomic mass is 16.5. The van der Waals surface area contributed by atoms with E-state index in [1.807, 2.05) is 0 Å². The molecule has 1 aliphatic carbocycles. The largest absolute Gasteiger partial charge is 0.389 e. The Balaban J connectivity index is 1.80. The Hall–Kier alpha value is -0.120. The van der Waals surface area contributed by atoms with Crippen LogP contribution in [0.25, 0.3) is 0 Å². The van der Waals surface area contributed by atoms with Crippen LogP contribution < -0.4 is 5.32 Å². The zero-order chi connectivity index (χ0) is 14.6. The fourth-order valence-corrected chi connectivity index (χ4v) is 2.79. The van der Waals surface area contributed by atoms with Crippen LogP contribution in [-0.2, 0) is 4.74 Å². The first kappa shape index (κ1) is 17.9. The second-order valence-electron chi connectivity index (χ2n) is 6.69. The lowest BCUT2D eigenvalue weighted by Gasteiger charge is -2.16. The second kappa shape index (κ2) is 11.5. The van der Waals surface area contributed by atoms with Crippen LogP contribution in [0.1, 0.15) is 71.6 Å². The lowest BCUT2D eigenvalue weighted by Crippen LogP contribution is -2.32. The molecule has 1 atom stereocenters. The van der Waals surface area contributed by atoms with Gasteiger partial charge in [0, 0.05) is 6.54 Å². The molecular weight excluding hydrogens is 250 g/mol. The van der Waals surface area contributed by atoms with Gasteiger partial charge in [0.05, 0.1) is 18.8 Å². The van der Waals surface area contributed by atoms with Gasteiger partial charge in [0.15, 0.2) is 0 Å². The molecule has 3 nitrogen and oxygen atoms in total. The van der Waals surface area contributed by atoms with Crippen LogP contribution in [0.4, 0.5) is 0 Å². The Morgan fingerprint density at radius 2 is 1.80 bits per heavy atom. The van der Waals surface area contributed by atoms with Crippen molar-refractivity contribution in [2.45, 2.75) is 83.8 Å². The molecule has 1 unspecified atom stereocenters. The van der Waals surface area contributed by atoms with Crippen LogP contribution in [0.2, 0.25) is 0 Å². The van der Waals surface area contributed by atoms with Crippen molar-refractivity contribution in [3.05, 3.63) is 0 Å². The highest BCUT2D eigenvalue weighted by molar-refractivity contribution is 4.68. The highest BCUT2D eigenvalue weighted by Gasteiger charge is 2.16. The van der Waals surface area contributed by atoms with E-state index in [9.17, 15) is 5.11 Å². The molecule has 0 aliphatic heterocycles. The maximum absolute atomic E-state index is 9.82. The zero-order valence-electron chi connectivity index (χ0n) is 13.6. The van der Waals surface area contributed by atoms with Gasteiger partial charge in [-0.1, -0.05) is 52.4 Å². The third kappa shape index (κ3) is 9.73. The van der Waals surface area contributed by atoms with Crippen molar-refractivity contribution in [1.82, 2.24) is 5.32 Å². The van der Waals surface area contributed by atoms with E-state index in [1.54, 1.807) is 0 Å². The number of aliphatic hydroxyl groups excluding tert-OH is 1. The van der Waals surface area contributed by atoms with E-state index in [0.717, 1.165) is 12.5 Å². The molecule has 1 rings (SSSR count). The van der Waals surface area contributed by atoms with Gasteiger partial charge >= 0.3 is 0 Å². The van der Waals surface area contributed by atoms with Crippen LogP contribution in [0.5, 0.6) is 0 Å². The summed E-state index contributed by atoms with van der Waals surface area (Å²) < 4.78 is 5.71. The molecule has 2 N–H and O–H groups in total. The summed E-state index contributed by atoms with van der Waals surface area (Å²) in [5, 5.41) is 13.2. The van der Waals surface area contributed by atoms with E-state index in [-0.39, 0.29) is 6.10 Å². The Kier molecular flexibility index (Phi) is 10.3. The first-order chi connectivity index (χ1) is 9.68. The molecule has 20 heavy (non-hydrogen) atoms. The minimum Gasteiger partial charge on any atom is -0.389 e. The first-order valence-electron chi connectivity index (χ1n) is 8.69. The zero-order valence-corrected chi connectivity index (χ0v) is 13.6. The summed E-state index contributed by atoms with van der Waals surface area (Å²) in [6.07, 6.45) is 11.6. The van der Waals surface area contributed by atoms with E-state index < -0.39 is 0 Å². The molecule has 0 amide bonds. The Bertz CT molecular complexity index is 215. The summed E-state index contributed by atoms with van der Waals surface area (Å²) >= 11 is 0. The lowest BCUT2D eigenvalue weighted by atomic mass is 10.0. The SMILES string of the molecule is CC(C)CCCCCCNCC(O)COC1CCCC1. The highest BCUT2D eigenvalue weighted by Crippen LogP contribution is 2.20. The van der Waals surface area contributed by atoms with Crippen molar-refractivity contribution in [1.29, 1.82) is 0 Å². The molecule has 120 valence electrons. The fraction of sp³-hybridized carbons (Fsp3) is 1.00. The van der Waals surface area contributed by atoms with Gasteiger partial charge in [0.2, 0.25) is 0 Å². The summed E-state index contributed by atoms with van der Waals surface area (Å²) in [5.41, 5.74) is 0. The summed E-state index contributed by atoms with van der Waals surface area (Å²) in [6, 6.07) is 0. The molecule has 0 saturated heterocycles. The molecule has 3 heteroatoms. The first-order valence-corrected chi connectivity index (χ1v) is 8.69. The van der Waals surface area contributed by atoms with Gasteiger partial charge in [-0.3, -0.25) is 0 Å². The van der Waals surface area contributed by atoms with Gasteiger partial charge in [-0.2, -0.15) is 0 Å². The fourth-order valence-electron chi connectivity index (χ4n) is 2.79. The molecule has 0 radical (unpaired) electrons. The molecule has 1 fully saturated rings. The predicted molar refractivity (Wildman–Crippen MR) is 85.0 cm³/mol. The Morgan fingerprint density at radius 3 is 2.50 bits per heavy atom. The summed E-state index contributed by atoms with van der Waals surface area (Å²) in [4.78, 5) is 0. The van der Waals surface area contributed by atoms with E-state index in [4.69, 9.17) is 4.74 Å². The van der Waals surface area contributed by atoms with Gasteiger partial charge in [-0.05, 0) is 31.7 Å². The number of aliphatic hydroxyl groups is 1. The Morgan fingerprint density at radius 1 is 1.10 bits per heavy atom. The molecule has 0 aromatic heterocycles. The number of unbranched alkanes of at least 4 members (excludes halogenated alkanes) is 3. The monoisotopic (exact) mass is 285 g/mol. The number of ether oxygens (including phenoxy) is 1. The van der Waals surface area contributed by atoms with E-state index >= 15 is 0 Å². The third-order valence-electron chi connectivity index (χ3n) is 4.09. The molecule has 0 bridgehead atoms. The lowest BCUT2D eigenvalue weighted by molar-refractivity contribution is -0.00535. The normalized spacial score (nSPS) is 18.0. The van der Waals surface area contributed by atoms with Crippen LogP contribution in [-0.4, -0.2) is 37.0 Å². The van der Waals surface area contributed by atoms with Crippen molar-refractivity contribution < 1.29 is 9.84 Å².